The Bertz CT molecular complexity index is 684. The highest BCUT2D eigenvalue weighted by atomic mass is 35.5. The molecule has 0 aliphatic heterocycles. The summed E-state index contributed by atoms with van der Waals surface area (Å²) in [6.07, 6.45) is -4.09. The van der Waals surface area contributed by atoms with Crippen molar-refractivity contribution >= 4 is 17.9 Å². The molecule has 0 aliphatic rings. The van der Waals surface area contributed by atoms with Crippen molar-refractivity contribution < 1.29 is 27.8 Å². The van der Waals surface area contributed by atoms with Crippen molar-refractivity contribution in [3.05, 3.63) is 52.5 Å². The van der Waals surface area contributed by atoms with Crippen LogP contribution in [0.3, 0.4) is 0 Å². The fraction of sp³-hybridized carbons (Fsp3) is 0.0714. The Morgan fingerprint density at radius 3 is 2.43 bits per heavy atom. The van der Waals surface area contributed by atoms with Crippen LogP contribution in [-0.2, 0) is 6.18 Å². The van der Waals surface area contributed by atoms with Crippen molar-refractivity contribution in [1.82, 2.24) is 0 Å². The monoisotopic (exact) mass is 316 g/mol. The molecule has 0 saturated heterocycles. The minimum absolute atomic E-state index is 0.00414. The summed E-state index contributed by atoms with van der Waals surface area (Å²) in [7, 11) is 0. The Morgan fingerprint density at radius 2 is 1.86 bits per heavy atom. The van der Waals surface area contributed by atoms with Crippen molar-refractivity contribution in [1.29, 1.82) is 0 Å². The van der Waals surface area contributed by atoms with Crippen LogP contribution in [0.1, 0.15) is 15.9 Å². The quantitative estimate of drug-likeness (QED) is 0.837. The number of benzene rings is 2. The summed E-state index contributed by atoms with van der Waals surface area (Å²) in [5.41, 5.74) is -0.916. The molecule has 0 bridgehead atoms. The number of aromatic hydroxyl groups is 1. The molecule has 0 fully saturated rings. The average Bonchev–Trinajstić information content (AvgIpc) is 2.42. The van der Waals surface area contributed by atoms with Gasteiger partial charge in [0.2, 0.25) is 0 Å². The van der Waals surface area contributed by atoms with Gasteiger partial charge >= 0.3 is 6.18 Å². The van der Waals surface area contributed by atoms with E-state index in [4.69, 9.17) is 16.3 Å². The van der Waals surface area contributed by atoms with Crippen LogP contribution in [0.2, 0.25) is 5.02 Å². The molecule has 3 nitrogen and oxygen atoms in total. The van der Waals surface area contributed by atoms with Gasteiger partial charge in [-0.3, -0.25) is 4.79 Å². The second-order valence-corrected chi connectivity index (χ2v) is 4.46. The molecule has 0 aromatic heterocycles. The highest BCUT2D eigenvalue weighted by molar-refractivity contribution is 6.32. The molecule has 0 radical (unpaired) electrons. The number of phenols is 1. The lowest BCUT2D eigenvalue weighted by molar-refractivity contribution is -0.137. The molecule has 110 valence electrons. The van der Waals surface area contributed by atoms with Gasteiger partial charge in [-0.2, -0.15) is 13.2 Å². The lowest BCUT2D eigenvalue weighted by Crippen LogP contribution is -2.04. The number of carbonyl (C=O) groups excluding carboxylic acids is 1. The van der Waals surface area contributed by atoms with E-state index < -0.39 is 17.5 Å². The van der Waals surface area contributed by atoms with Crippen molar-refractivity contribution in [2.75, 3.05) is 0 Å². The van der Waals surface area contributed by atoms with Gasteiger partial charge in [-0.25, -0.2) is 0 Å². The smallest absolute Gasteiger partial charge is 0.416 e. The van der Waals surface area contributed by atoms with Gasteiger partial charge in [0.05, 0.1) is 16.1 Å². The van der Waals surface area contributed by atoms with Crippen molar-refractivity contribution in [3.63, 3.8) is 0 Å². The third-order valence-electron chi connectivity index (χ3n) is 2.64. The molecule has 0 atom stereocenters. The van der Waals surface area contributed by atoms with E-state index in [-0.39, 0.29) is 22.1 Å². The fourth-order valence-electron chi connectivity index (χ4n) is 1.60. The third kappa shape index (κ3) is 3.28. The van der Waals surface area contributed by atoms with Gasteiger partial charge in [0.25, 0.3) is 0 Å². The number of ether oxygens (including phenoxy) is 1. The molecule has 1 N–H and O–H groups in total. The van der Waals surface area contributed by atoms with Gasteiger partial charge in [0.1, 0.15) is 5.75 Å². The normalized spacial score (nSPS) is 11.2. The first-order chi connectivity index (χ1) is 9.82. The predicted molar refractivity (Wildman–Crippen MR) is 70.0 cm³/mol. The van der Waals surface area contributed by atoms with Crippen LogP contribution in [-0.4, -0.2) is 11.4 Å². The van der Waals surface area contributed by atoms with E-state index in [9.17, 15) is 23.1 Å². The number of halogens is 4. The van der Waals surface area contributed by atoms with Crippen LogP contribution in [0, 0.1) is 0 Å². The summed E-state index contributed by atoms with van der Waals surface area (Å²) in [5, 5.41) is 9.48. The average molecular weight is 317 g/mol. The van der Waals surface area contributed by atoms with E-state index in [1.54, 1.807) is 0 Å². The summed E-state index contributed by atoms with van der Waals surface area (Å²) < 4.78 is 42.8. The van der Waals surface area contributed by atoms with Gasteiger partial charge in [0.15, 0.2) is 17.8 Å². The van der Waals surface area contributed by atoms with Gasteiger partial charge < -0.3 is 9.84 Å². The number of hydrogen-bond acceptors (Lipinski definition) is 3. The Balaban J connectivity index is 2.35. The molecule has 2 rings (SSSR count). The molecule has 0 heterocycles. The predicted octanol–water partition coefficient (Wildman–Crippen LogP) is 4.67. The van der Waals surface area contributed by atoms with Crippen LogP contribution >= 0.6 is 11.6 Å². The van der Waals surface area contributed by atoms with E-state index in [2.05, 4.69) is 0 Å². The molecular formula is C14H8ClF3O3. The van der Waals surface area contributed by atoms with E-state index in [1.807, 2.05) is 0 Å². The largest absolute Gasteiger partial charge is 0.504 e. The van der Waals surface area contributed by atoms with E-state index >= 15 is 0 Å². The molecule has 0 aliphatic carbocycles. The van der Waals surface area contributed by atoms with Gasteiger partial charge in [0, 0.05) is 0 Å². The van der Waals surface area contributed by atoms with Crippen LogP contribution < -0.4 is 4.74 Å². The molecular weight excluding hydrogens is 309 g/mol. The first-order valence-electron chi connectivity index (χ1n) is 5.64. The zero-order valence-corrected chi connectivity index (χ0v) is 11.1. The highest BCUT2D eigenvalue weighted by Crippen LogP contribution is 2.39. The lowest BCUT2D eigenvalue weighted by atomic mass is 10.2. The van der Waals surface area contributed by atoms with Crippen LogP contribution in [0.5, 0.6) is 17.2 Å². The molecule has 2 aromatic carbocycles. The van der Waals surface area contributed by atoms with Crippen LogP contribution in [0.4, 0.5) is 13.2 Å². The first kappa shape index (κ1) is 15.2. The van der Waals surface area contributed by atoms with Gasteiger partial charge in [-0.15, -0.1) is 0 Å². The standard InChI is InChI=1S/C14H8ClF3O3/c15-10-6-9(14(16,17)18)4-5-11(10)21-12-3-1-2-8(7-19)13(12)20/h1-7,20H. The summed E-state index contributed by atoms with van der Waals surface area (Å²) >= 11 is 5.74. The van der Waals surface area contributed by atoms with Crippen molar-refractivity contribution in [2.24, 2.45) is 0 Å². The second-order valence-electron chi connectivity index (χ2n) is 4.06. The van der Waals surface area contributed by atoms with Gasteiger partial charge in [-0.1, -0.05) is 17.7 Å². The number of alkyl halides is 3. The molecule has 2 aromatic rings. The van der Waals surface area contributed by atoms with Gasteiger partial charge in [-0.05, 0) is 30.3 Å². The molecule has 0 unspecified atom stereocenters. The summed E-state index contributed by atoms with van der Waals surface area (Å²) in [4.78, 5) is 10.7. The summed E-state index contributed by atoms with van der Waals surface area (Å²) in [6, 6.07) is 6.74. The molecule has 7 heteroatoms. The number of hydrogen-bond donors (Lipinski definition) is 1. The lowest BCUT2D eigenvalue weighted by Gasteiger charge is -2.12. The highest BCUT2D eigenvalue weighted by Gasteiger charge is 2.31. The number of rotatable bonds is 3. The van der Waals surface area contributed by atoms with Crippen LogP contribution in [0.25, 0.3) is 0 Å². The third-order valence-corrected chi connectivity index (χ3v) is 2.93. The van der Waals surface area contributed by atoms with Crippen LogP contribution in [0.15, 0.2) is 36.4 Å². The maximum atomic E-state index is 12.5. The number of aldehydes is 1. The molecule has 0 saturated carbocycles. The maximum Gasteiger partial charge on any atom is 0.416 e. The molecule has 0 spiro atoms. The minimum atomic E-state index is -4.51. The Morgan fingerprint density at radius 1 is 1.14 bits per heavy atom. The minimum Gasteiger partial charge on any atom is -0.504 e. The number of phenolic OH excluding ortho intramolecular Hbond substituents is 1. The summed E-state index contributed by atoms with van der Waals surface area (Å²) in [6.45, 7) is 0. The molecule has 21 heavy (non-hydrogen) atoms. The SMILES string of the molecule is O=Cc1cccc(Oc2ccc(C(F)(F)F)cc2Cl)c1O. The maximum absolute atomic E-state index is 12.5. The van der Waals surface area contributed by atoms with E-state index in [1.165, 1.54) is 18.2 Å². The topological polar surface area (TPSA) is 46.5 Å². The van der Waals surface area contributed by atoms with Crippen molar-refractivity contribution in [3.8, 4) is 17.2 Å². The summed E-state index contributed by atoms with van der Waals surface area (Å²) in [5.74, 6) is -0.562. The number of para-hydroxylation sites is 1. The van der Waals surface area contributed by atoms with E-state index in [0.29, 0.717) is 6.29 Å². The Kier molecular flexibility index (Phi) is 4.09. The first-order valence-corrected chi connectivity index (χ1v) is 6.02. The van der Waals surface area contributed by atoms with Crippen molar-refractivity contribution in [2.45, 2.75) is 6.18 Å². The fourth-order valence-corrected chi connectivity index (χ4v) is 1.81. The van der Waals surface area contributed by atoms with E-state index in [0.717, 1.165) is 18.2 Å². The second kappa shape index (κ2) is 5.65. The zero-order valence-electron chi connectivity index (χ0n) is 10.3. The Hall–Kier alpha value is -2.21. The number of carbonyl (C=O) groups is 1. The zero-order chi connectivity index (χ0) is 15.6. The molecule has 0 amide bonds. The Labute approximate surface area is 122 Å².